The molecular formula is C36H56N2O4S2. The van der Waals surface area contributed by atoms with E-state index in [4.69, 9.17) is 0 Å². The minimum absolute atomic E-state index is 0.00205. The zero-order valence-electron chi connectivity index (χ0n) is 26.8. The van der Waals surface area contributed by atoms with Crippen LogP contribution in [0.15, 0.2) is 72.9 Å². The molecule has 8 heteroatoms. The standard InChI is InChI=1S/C36H56N2O4S2/c1-2-3-4-5-6-7-8-9-10-11-12-13-14-15-16-17-18-19-20-27-34(39)37-30-24-23-26-33(36(41)42)38-35(40)28-22-21-25-32-29-31-43-44-32/h3-4,6-7,9-10,12-13,15-16,18-19,32-33H,2,5,8,11,14,17,20-31H2,1H3,(H,37,39)(H,38,40)(H,41,42)/t32-,33+/m1/s1. The number of carbonyl (C=O) groups is 3. The molecule has 246 valence electrons. The molecular weight excluding hydrogens is 589 g/mol. The van der Waals surface area contributed by atoms with E-state index in [2.05, 4.69) is 84.4 Å². The van der Waals surface area contributed by atoms with Gasteiger partial charge in [-0.2, -0.15) is 0 Å². The van der Waals surface area contributed by atoms with Crippen molar-refractivity contribution in [2.24, 2.45) is 0 Å². The molecule has 0 spiro atoms. The number of amides is 2. The van der Waals surface area contributed by atoms with E-state index in [1.165, 1.54) is 12.2 Å². The van der Waals surface area contributed by atoms with E-state index in [0.717, 1.165) is 57.8 Å². The molecule has 0 aliphatic carbocycles. The lowest BCUT2D eigenvalue weighted by atomic mass is 10.1. The zero-order chi connectivity index (χ0) is 31.9. The molecule has 0 radical (unpaired) electrons. The molecule has 1 rings (SSSR count). The quantitative estimate of drug-likeness (QED) is 0.0494. The number of carbonyl (C=O) groups excluding carboxylic acids is 2. The zero-order valence-corrected chi connectivity index (χ0v) is 28.4. The summed E-state index contributed by atoms with van der Waals surface area (Å²) in [6, 6.07) is -0.868. The first-order valence-corrected chi connectivity index (χ1v) is 18.9. The van der Waals surface area contributed by atoms with Gasteiger partial charge in [0.1, 0.15) is 6.04 Å². The number of allylic oxidation sites excluding steroid dienone is 12. The lowest BCUT2D eigenvalue weighted by Crippen LogP contribution is -2.40. The smallest absolute Gasteiger partial charge is 0.326 e. The van der Waals surface area contributed by atoms with Gasteiger partial charge >= 0.3 is 5.97 Å². The summed E-state index contributed by atoms with van der Waals surface area (Å²) in [4.78, 5) is 35.8. The van der Waals surface area contributed by atoms with Crippen molar-refractivity contribution in [2.75, 3.05) is 12.3 Å². The van der Waals surface area contributed by atoms with Crippen LogP contribution in [0.5, 0.6) is 0 Å². The van der Waals surface area contributed by atoms with Crippen LogP contribution in [-0.2, 0) is 14.4 Å². The molecule has 2 amide bonds. The molecule has 1 fully saturated rings. The third-order valence-corrected chi connectivity index (χ3v) is 9.92. The fourth-order valence-electron chi connectivity index (χ4n) is 4.39. The number of carboxylic acid groups (broad SMARTS) is 1. The topological polar surface area (TPSA) is 95.5 Å². The second kappa shape index (κ2) is 29.3. The highest BCUT2D eigenvalue weighted by atomic mass is 33.1. The van der Waals surface area contributed by atoms with Crippen LogP contribution < -0.4 is 10.6 Å². The molecule has 6 nitrogen and oxygen atoms in total. The Hall–Kier alpha value is -2.45. The Labute approximate surface area is 274 Å². The molecule has 1 aliphatic heterocycles. The molecule has 0 saturated carbocycles. The summed E-state index contributed by atoms with van der Waals surface area (Å²) >= 11 is 0. The first-order chi connectivity index (χ1) is 21.5. The summed E-state index contributed by atoms with van der Waals surface area (Å²) in [5.74, 6) is 0.0262. The molecule has 1 heterocycles. The fraction of sp³-hybridized carbons (Fsp3) is 0.583. The van der Waals surface area contributed by atoms with E-state index in [9.17, 15) is 19.5 Å². The van der Waals surface area contributed by atoms with Gasteiger partial charge in [-0.15, -0.1) is 0 Å². The normalized spacial score (nSPS) is 16.4. The number of carboxylic acids is 1. The highest BCUT2D eigenvalue weighted by Crippen LogP contribution is 2.39. The Kier molecular flexibility index (Phi) is 26.3. The number of aliphatic carboxylic acids is 1. The third-order valence-electron chi connectivity index (χ3n) is 6.92. The summed E-state index contributed by atoms with van der Waals surface area (Å²) in [6.45, 7) is 2.66. The number of nitrogens with one attached hydrogen (secondary N) is 2. The highest BCUT2D eigenvalue weighted by Gasteiger charge is 2.20. The van der Waals surface area contributed by atoms with E-state index < -0.39 is 12.0 Å². The average Bonchev–Trinajstić information content (AvgIpc) is 3.53. The third kappa shape index (κ3) is 24.9. The van der Waals surface area contributed by atoms with E-state index in [0.29, 0.717) is 50.3 Å². The largest absolute Gasteiger partial charge is 0.480 e. The predicted molar refractivity (Wildman–Crippen MR) is 191 cm³/mol. The van der Waals surface area contributed by atoms with Crippen LogP contribution in [0.3, 0.4) is 0 Å². The Morgan fingerprint density at radius 1 is 0.750 bits per heavy atom. The van der Waals surface area contributed by atoms with Crippen molar-refractivity contribution < 1.29 is 19.5 Å². The van der Waals surface area contributed by atoms with Gasteiger partial charge in [0, 0.05) is 30.4 Å². The van der Waals surface area contributed by atoms with Gasteiger partial charge in [-0.1, -0.05) is 108 Å². The first kappa shape index (κ1) is 39.6. The van der Waals surface area contributed by atoms with Gasteiger partial charge in [0.05, 0.1) is 0 Å². The molecule has 3 N–H and O–H groups in total. The molecule has 0 bridgehead atoms. The SMILES string of the molecule is CCC=CCC=CCC=CCC=CCC=CCC=CCCC(=O)NCCCC[C@H](NC(=O)CCCC[C@@H]1CCSS1)C(=O)O. The Balaban J connectivity index is 2.00. The lowest BCUT2D eigenvalue weighted by Gasteiger charge is -2.15. The van der Waals surface area contributed by atoms with Crippen molar-refractivity contribution in [1.29, 1.82) is 0 Å². The summed E-state index contributed by atoms with van der Waals surface area (Å²) < 4.78 is 0. The minimum atomic E-state index is -1.00. The van der Waals surface area contributed by atoms with Crippen molar-refractivity contribution in [3.8, 4) is 0 Å². The molecule has 0 aromatic heterocycles. The highest BCUT2D eigenvalue weighted by molar-refractivity contribution is 8.77. The van der Waals surface area contributed by atoms with Gasteiger partial charge in [0.2, 0.25) is 11.8 Å². The van der Waals surface area contributed by atoms with E-state index in [-0.39, 0.29) is 11.8 Å². The summed E-state index contributed by atoms with van der Waals surface area (Å²) in [7, 11) is 3.87. The van der Waals surface area contributed by atoms with Crippen LogP contribution in [0, 0.1) is 0 Å². The van der Waals surface area contributed by atoms with Crippen molar-refractivity contribution in [2.45, 2.75) is 121 Å². The van der Waals surface area contributed by atoms with Crippen LogP contribution in [0.4, 0.5) is 0 Å². The van der Waals surface area contributed by atoms with E-state index in [1.807, 2.05) is 27.7 Å². The maximum Gasteiger partial charge on any atom is 0.326 e. The van der Waals surface area contributed by atoms with Gasteiger partial charge in [-0.3, -0.25) is 9.59 Å². The van der Waals surface area contributed by atoms with Crippen molar-refractivity contribution >= 4 is 39.4 Å². The minimum Gasteiger partial charge on any atom is -0.480 e. The van der Waals surface area contributed by atoms with Crippen LogP contribution in [0.25, 0.3) is 0 Å². The summed E-state index contributed by atoms with van der Waals surface area (Å²) in [6.07, 6.45) is 39.1. The average molecular weight is 645 g/mol. The van der Waals surface area contributed by atoms with E-state index in [1.54, 1.807) is 0 Å². The first-order valence-electron chi connectivity index (χ1n) is 16.5. The molecule has 44 heavy (non-hydrogen) atoms. The monoisotopic (exact) mass is 644 g/mol. The van der Waals surface area contributed by atoms with E-state index >= 15 is 0 Å². The Morgan fingerprint density at radius 3 is 1.89 bits per heavy atom. The number of hydrogen-bond donors (Lipinski definition) is 3. The molecule has 0 aromatic rings. The molecule has 0 unspecified atom stereocenters. The second-order valence-electron chi connectivity index (χ2n) is 10.8. The predicted octanol–water partition coefficient (Wildman–Crippen LogP) is 9.03. The van der Waals surface area contributed by atoms with Crippen molar-refractivity contribution in [3.63, 3.8) is 0 Å². The van der Waals surface area contributed by atoms with Gasteiger partial charge in [0.15, 0.2) is 0 Å². The van der Waals surface area contributed by atoms with Crippen molar-refractivity contribution in [1.82, 2.24) is 10.6 Å². The van der Waals surface area contributed by atoms with Gasteiger partial charge in [0.25, 0.3) is 0 Å². The summed E-state index contributed by atoms with van der Waals surface area (Å²) in [5, 5.41) is 15.7. The number of hydrogen-bond acceptors (Lipinski definition) is 5. The van der Waals surface area contributed by atoms with Gasteiger partial charge < -0.3 is 15.7 Å². The number of rotatable bonds is 26. The molecule has 0 aromatic carbocycles. The fourth-order valence-corrected chi connectivity index (χ4v) is 7.42. The van der Waals surface area contributed by atoms with Crippen LogP contribution in [0.2, 0.25) is 0 Å². The Morgan fingerprint density at radius 2 is 1.34 bits per heavy atom. The lowest BCUT2D eigenvalue weighted by molar-refractivity contribution is -0.142. The Bertz CT molecular complexity index is 950. The maximum absolute atomic E-state index is 12.2. The summed E-state index contributed by atoms with van der Waals surface area (Å²) in [5.41, 5.74) is 0. The maximum atomic E-state index is 12.2. The van der Waals surface area contributed by atoms with Crippen LogP contribution >= 0.6 is 21.6 Å². The number of unbranched alkanes of at least 4 members (excludes halogenated alkanes) is 2. The van der Waals surface area contributed by atoms with Crippen LogP contribution in [0.1, 0.15) is 110 Å². The molecule has 2 atom stereocenters. The molecule has 1 aliphatic rings. The van der Waals surface area contributed by atoms with Crippen molar-refractivity contribution in [3.05, 3.63) is 72.9 Å². The second-order valence-corrected chi connectivity index (χ2v) is 13.6. The van der Waals surface area contributed by atoms with Crippen LogP contribution in [-0.4, -0.2) is 46.5 Å². The molecule has 1 saturated heterocycles. The van der Waals surface area contributed by atoms with Gasteiger partial charge in [-0.05, 0) is 83.5 Å². The van der Waals surface area contributed by atoms with Gasteiger partial charge in [-0.25, -0.2) is 4.79 Å².